The monoisotopic (exact) mass is 249 g/mol. The van der Waals surface area contributed by atoms with Gasteiger partial charge in [0.25, 0.3) is 0 Å². The highest BCUT2D eigenvalue weighted by molar-refractivity contribution is 5.63. The van der Waals surface area contributed by atoms with Crippen molar-refractivity contribution in [1.29, 1.82) is 0 Å². The Balaban J connectivity index is -0.000000328. The van der Waals surface area contributed by atoms with Gasteiger partial charge in [0.05, 0.1) is 0 Å². The molecule has 1 heterocycles. The van der Waals surface area contributed by atoms with Crippen LogP contribution < -0.4 is 0 Å². The molecule has 0 radical (unpaired) electrons. The van der Waals surface area contributed by atoms with E-state index in [0.29, 0.717) is 0 Å². The molecule has 0 aromatic carbocycles. The van der Waals surface area contributed by atoms with Crippen LogP contribution in [0.1, 0.15) is 65.3 Å². The van der Waals surface area contributed by atoms with Gasteiger partial charge in [0, 0.05) is 11.9 Å². The first-order valence-corrected chi connectivity index (χ1v) is 6.99. The van der Waals surface area contributed by atoms with Crippen molar-refractivity contribution in [2.45, 2.75) is 55.4 Å². The average Bonchev–Trinajstić information content (AvgIpc) is 2.46. The molecule has 0 aliphatic rings. The van der Waals surface area contributed by atoms with Crippen LogP contribution in [0, 0.1) is 6.92 Å². The van der Waals surface area contributed by atoms with Crippen molar-refractivity contribution < 1.29 is 0 Å². The van der Waals surface area contributed by atoms with E-state index in [9.17, 15) is 0 Å². The number of allylic oxidation sites excluding steroid dienone is 1. The minimum Gasteiger partial charge on any atom is -0.261 e. The summed E-state index contributed by atoms with van der Waals surface area (Å²) in [5.41, 5.74) is 3.30. The fraction of sp³-hybridized carbons (Fsp3) is 0.471. The predicted molar refractivity (Wildman–Crippen MR) is 87.8 cm³/mol. The molecule has 1 aromatic rings. The molecule has 0 saturated carbocycles. The molecule has 18 heavy (non-hydrogen) atoms. The Labute approximate surface area is 115 Å². The molecular weight excluding hydrogens is 218 g/mol. The Morgan fingerprint density at radius 2 is 1.50 bits per heavy atom. The van der Waals surface area contributed by atoms with Crippen LogP contribution in [-0.4, -0.2) is 4.98 Å². The minimum absolute atomic E-state index is 1.04. The van der Waals surface area contributed by atoms with Gasteiger partial charge < -0.3 is 0 Å². The molecule has 0 atom stereocenters. The van der Waals surface area contributed by atoms with Crippen LogP contribution in [0.15, 0.2) is 24.9 Å². The number of hydrogen-bond acceptors (Lipinski definition) is 1. The molecule has 0 unspecified atom stereocenters. The summed E-state index contributed by atoms with van der Waals surface area (Å²) in [4.78, 5) is 4.19. The van der Waals surface area contributed by atoms with Gasteiger partial charge in [-0.25, -0.2) is 0 Å². The fourth-order valence-electron chi connectivity index (χ4n) is 1.09. The van der Waals surface area contributed by atoms with Gasteiger partial charge in [0.15, 0.2) is 0 Å². The SMILES string of the molecule is C=Cc1cnc(C)cc1/C=C\C.CC.CC.CC. The van der Waals surface area contributed by atoms with E-state index in [4.69, 9.17) is 0 Å². The zero-order valence-electron chi connectivity index (χ0n) is 13.5. The summed E-state index contributed by atoms with van der Waals surface area (Å²) in [6, 6.07) is 2.05. The molecule has 1 heteroatoms. The van der Waals surface area contributed by atoms with E-state index >= 15 is 0 Å². The lowest BCUT2D eigenvalue weighted by molar-refractivity contribution is 1.19. The Bertz CT molecular complexity index is 311. The summed E-state index contributed by atoms with van der Waals surface area (Å²) in [6.07, 6.45) is 7.74. The van der Waals surface area contributed by atoms with Crippen molar-refractivity contribution in [3.05, 3.63) is 41.7 Å². The highest BCUT2D eigenvalue weighted by Crippen LogP contribution is 2.12. The van der Waals surface area contributed by atoms with Crippen molar-refractivity contribution in [2.24, 2.45) is 0 Å². The number of hydrogen-bond donors (Lipinski definition) is 0. The third-order valence-corrected chi connectivity index (χ3v) is 1.67. The molecule has 0 aliphatic heterocycles. The van der Waals surface area contributed by atoms with Crippen molar-refractivity contribution in [1.82, 2.24) is 4.98 Å². The molecule has 0 aliphatic carbocycles. The lowest BCUT2D eigenvalue weighted by atomic mass is 10.1. The molecule has 1 nitrogen and oxygen atoms in total. The van der Waals surface area contributed by atoms with Crippen LogP contribution in [-0.2, 0) is 0 Å². The largest absolute Gasteiger partial charge is 0.261 e. The number of rotatable bonds is 2. The molecule has 0 N–H and O–H groups in total. The predicted octanol–water partition coefficient (Wildman–Crippen LogP) is 6.14. The smallest absolute Gasteiger partial charge is 0.0379 e. The van der Waals surface area contributed by atoms with E-state index in [1.807, 2.05) is 73.7 Å². The lowest BCUT2D eigenvalue weighted by Gasteiger charge is -2.00. The van der Waals surface area contributed by atoms with Gasteiger partial charge in [-0.1, -0.05) is 66.3 Å². The Kier molecular flexibility index (Phi) is 21.9. The van der Waals surface area contributed by atoms with Crippen molar-refractivity contribution in [2.75, 3.05) is 0 Å². The Hall–Kier alpha value is -1.37. The van der Waals surface area contributed by atoms with Crippen molar-refractivity contribution >= 4 is 12.2 Å². The van der Waals surface area contributed by atoms with E-state index in [2.05, 4.69) is 23.7 Å². The molecule has 0 saturated heterocycles. The zero-order chi connectivity index (χ0) is 15.0. The van der Waals surface area contributed by atoms with Crippen LogP contribution in [0.2, 0.25) is 0 Å². The van der Waals surface area contributed by atoms with E-state index in [1.165, 1.54) is 5.56 Å². The molecular formula is C17H31N. The van der Waals surface area contributed by atoms with Gasteiger partial charge in [-0.2, -0.15) is 0 Å². The van der Waals surface area contributed by atoms with Crippen LogP contribution in [0.3, 0.4) is 0 Å². The molecule has 1 aromatic heterocycles. The molecule has 0 amide bonds. The van der Waals surface area contributed by atoms with Crippen LogP contribution >= 0.6 is 0 Å². The summed E-state index contributed by atoms with van der Waals surface area (Å²) in [6.45, 7) is 19.7. The summed E-state index contributed by atoms with van der Waals surface area (Å²) in [5, 5.41) is 0. The van der Waals surface area contributed by atoms with E-state index in [0.717, 1.165) is 11.3 Å². The van der Waals surface area contributed by atoms with Crippen LogP contribution in [0.5, 0.6) is 0 Å². The van der Waals surface area contributed by atoms with Gasteiger partial charge >= 0.3 is 0 Å². The summed E-state index contributed by atoms with van der Waals surface area (Å²) < 4.78 is 0. The van der Waals surface area contributed by atoms with E-state index in [1.54, 1.807) is 0 Å². The van der Waals surface area contributed by atoms with E-state index < -0.39 is 0 Å². The van der Waals surface area contributed by atoms with Gasteiger partial charge in [0.2, 0.25) is 0 Å². The number of aromatic nitrogens is 1. The lowest BCUT2D eigenvalue weighted by Crippen LogP contribution is -1.86. The maximum absolute atomic E-state index is 4.19. The normalized spacial score (nSPS) is 8.00. The van der Waals surface area contributed by atoms with Crippen LogP contribution in [0.4, 0.5) is 0 Å². The number of aryl methyl sites for hydroxylation is 1. The molecule has 0 fully saturated rings. The summed E-state index contributed by atoms with van der Waals surface area (Å²) in [5.74, 6) is 0. The van der Waals surface area contributed by atoms with Crippen molar-refractivity contribution in [3.63, 3.8) is 0 Å². The quantitative estimate of drug-likeness (QED) is 0.613. The highest BCUT2D eigenvalue weighted by atomic mass is 14.7. The van der Waals surface area contributed by atoms with E-state index in [-0.39, 0.29) is 0 Å². The zero-order valence-corrected chi connectivity index (χ0v) is 13.5. The third-order valence-electron chi connectivity index (χ3n) is 1.67. The minimum atomic E-state index is 1.04. The number of pyridine rings is 1. The first-order valence-electron chi connectivity index (χ1n) is 6.99. The average molecular weight is 249 g/mol. The maximum Gasteiger partial charge on any atom is 0.0379 e. The molecule has 104 valence electrons. The second kappa shape index (κ2) is 18.0. The third kappa shape index (κ3) is 9.83. The second-order valence-corrected chi connectivity index (χ2v) is 2.66. The Morgan fingerprint density at radius 1 is 1.00 bits per heavy atom. The van der Waals surface area contributed by atoms with Crippen molar-refractivity contribution in [3.8, 4) is 0 Å². The first-order chi connectivity index (χ1) is 8.77. The highest BCUT2D eigenvalue weighted by Gasteiger charge is 1.95. The second-order valence-electron chi connectivity index (χ2n) is 2.66. The maximum atomic E-state index is 4.19. The number of nitrogens with zero attached hydrogens (tertiary/aromatic N) is 1. The van der Waals surface area contributed by atoms with Gasteiger partial charge in [0.1, 0.15) is 0 Å². The standard InChI is InChI=1S/C11H13N.3C2H6/c1-4-6-11-7-9(3)12-8-10(11)5-2;3*1-2/h4-8H,2H2,1,3H3;3*1-2H3/b6-4-;;;. The van der Waals surface area contributed by atoms with Crippen LogP contribution in [0.25, 0.3) is 12.2 Å². The van der Waals surface area contributed by atoms with Gasteiger partial charge in [-0.05, 0) is 31.0 Å². The first kappa shape index (κ1) is 21.9. The Morgan fingerprint density at radius 3 is 1.89 bits per heavy atom. The molecule has 0 bridgehead atoms. The fourth-order valence-corrected chi connectivity index (χ4v) is 1.09. The summed E-state index contributed by atoms with van der Waals surface area (Å²) in [7, 11) is 0. The summed E-state index contributed by atoms with van der Waals surface area (Å²) >= 11 is 0. The topological polar surface area (TPSA) is 12.9 Å². The van der Waals surface area contributed by atoms with Gasteiger partial charge in [-0.3, -0.25) is 4.98 Å². The molecule has 1 rings (SSSR count). The van der Waals surface area contributed by atoms with Gasteiger partial charge in [-0.15, -0.1) is 0 Å². The molecule has 0 spiro atoms.